The molecule has 0 bridgehead atoms. The summed E-state index contributed by atoms with van der Waals surface area (Å²) in [5.41, 5.74) is 2.27. The van der Waals surface area contributed by atoms with Crippen LogP contribution in [0, 0.1) is 0 Å². The van der Waals surface area contributed by atoms with Crippen molar-refractivity contribution < 1.29 is 9.90 Å². The first kappa shape index (κ1) is 19.1. The molecule has 2 aromatic heterocycles. The summed E-state index contributed by atoms with van der Waals surface area (Å²) in [6, 6.07) is 16.6. The molecule has 0 radical (unpaired) electrons. The third-order valence-electron chi connectivity index (χ3n) is 4.49. The number of rotatable bonds is 5. The fraction of sp³-hybridized carbons (Fsp3) is 0.0952. The van der Waals surface area contributed by atoms with E-state index in [1.165, 1.54) is 15.3 Å². The number of carbonyl (C=O) groups is 1. The van der Waals surface area contributed by atoms with E-state index in [-0.39, 0.29) is 24.6 Å². The minimum Gasteiger partial charge on any atom is -0.392 e. The lowest BCUT2D eigenvalue weighted by Gasteiger charge is -2.08. The monoisotopic (exact) mass is 452 g/mol. The molecule has 4 rings (SSSR count). The molecule has 0 fully saturated rings. The Kier molecular flexibility index (Phi) is 5.28. The summed E-state index contributed by atoms with van der Waals surface area (Å²) in [4.78, 5) is 25.4. The molecule has 0 unspecified atom stereocenters. The van der Waals surface area contributed by atoms with E-state index in [9.17, 15) is 14.7 Å². The third-order valence-corrected chi connectivity index (χ3v) is 4.98. The second-order valence-electron chi connectivity index (χ2n) is 6.43. The van der Waals surface area contributed by atoms with Crippen LogP contribution in [-0.4, -0.2) is 25.2 Å². The standard InChI is InChI=1S/C21H17BrN4O3/c22-15-7-4-8-16(11-15)23-18(28)12-25-9-10-26-20(21(25)29)17(13-27)19(24-26)14-5-2-1-3-6-14/h1-11,27H,12-13H2,(H,23,28). The maximum absolute atomic E-state index is 13.0. The van der Waals surface area contributed by atoms with Gasteiger partial charge in [-0.05, 0) is 18.2 Å². The number of hydrogen-bond acceptors (Lipinski definition) is 4. The van der Waals surface area contributed by atoms with Gasteiger partial charge in [0.1, 0.15) is 12.1 Å². The molecule has 0 aliphatic heterocycles. The molecule has 0 atom stereocenters. The number of halogens is 1. The SMILES string of the molecule is O=C(Cn1ccn2nc(-c3ccccc3)c(CO)c2c1=O)Nc1cccc(Br)c1. The highest BCUT2D eigenvalue weighted by Crippen LogP contribution is 2.24. The normalized spacial score (nSPS) is 11.0. The molecular formula is C21H17BrN4O3. The Bertz CT molecular complexity index is 1250. The van der Waals surface area contributed by atoms with Gasteiger partial charge in [-0.2, -0.15) is 5.10 Å². The van der Waals surface area contributed by atoms with Gasteiger partial charge in [0.2, 0.25) is 5.91 Å². The number of nitrogens with one attached hydrogen (secondary N) is 1. The molecule has 29 heavy (non-hydrogen) atoms. The number of aromatic nitrogens is 3. The molecule has 0 aliphatic carbocycles. The summed E-state index contributed by atoms with van der Waals surface area (Å²) >= 11 is 3.36. The highest BCUT2D eigenvalue weighted by atomic mass is 79.9. The second-order valence-corrected chi connectivity index (χ2v) is 7.35. The summed E-state index contributed by atoms with van der Waals surface area (Å²) in [6.45, 7) is -0.490. The van der Waals surface area contributed by atoms with Crippen LogP contribution in [0.25, 0.3) is 16.8 Å². The number of carbonyl (C=O) groups excluding carboxylic acids is 1. The minimum absolute atomic E-state index is 0.154. The lowest BCUT2D eigenvalue weighted by molar-refractivity contribution is -0.116. The van der Waals surface area contributed by atoms with Crippen molar-refractivity contribution >= 4 is 33.0 Å². The Balaban J connectivity index is 1.69. The van der Waals surface area contributed by atoms with Crippen molar-refractivity contribution in [3.63, 3.8) is 0 Å². The van der Waals surface area contributed by atoms with E-state index in [0.29, 0.717) is 16.9 Å². The van der Waals surface area contributed by atoms with E-state index in [4.69, 9.17) is 0 Å². The van der Waals surface area contributed by atoms with Gasteiger partial charge < -0.3 is 15.0 Å². The Labute approximate surface area is 174 Å². The second kappa shape index (κ2) is 8.02. The van der Waals surface area contributed by atoms with Crippen LogP contribution in [-0.2, 0) is 17.9 Å². The first-order chi connectivity index (χ1) is 14.1. The highest BCUT2D eigenvalue weighted by molar-refractivity contribution is 9.10. The van der Waals surface area contributed by atoms with Crippen LogP contribution in [0.15, 0.2) is 76.3 Å². The Morgan fingerprint density at radius 2 is 1.90 bits per heavy atom. The van der Waals surface area contributed by atoms with Crippen LogP contribution < -0.4 is 10.9 Å². The summed E-state index contributed by atoms with van der Waals surface area (Å²) in [6.07, 6.45) is 3.12. The quantitative estimate of drug-likeness (QED) is 0.486. The first-order valence-corrected chi connectivity index (χ1v) is 9.68. The van der Waals surface area contributed by atoms with Crippen molar-refractivity contribution in [2.24, 2.45) is 0 Å². The Morgan fingerprint density at radius 3 is 2.62 bits per heavy atom. The average molecular weight is 453 g/mol. The molecular weight excluding hydrogens is 436 g/mol. The van der Waals surface area contributed by atoms with Gasteiger partial charge in [0.05, 0.1) is 12.3 Å². The van der Waals surface area contributed by atoms with Gasteiger partial charge in [0.15, 0.2) is 0 Å². The van der Waals surface area contributed by atoms with Gasteiger partial charge in [-0.15, -0.1) is 0 Å². The van der Waals surface area contributed by atoms with Gasteiger partial charge in [-0.3, -0.25) is 9.59 Å². The maximum Gasteiger partial charge on any atom is 0.277 e. The van der Waals surface area contributed by atoms with Crippen molar-refractivity contribution in [2.75, 3.05) is 5.32 Å². The van der Waals surface area contributed by atoms with Crippen molar-refractivity contribution in [3.8, 4) is 11.3 Å². The number of anilines is 1. The van der Waals surface area contributed by atoms with Gasteiger partial charge in [-0.1, -0.05) is 52.3 Å². The van der Waals surface area contributed by atoms with Crippen molar-refractivity contribution in [1.82, 2.24) is 14.2 Å². The van der Waals surface area contributed by atoms with E-state index in [1.807, 2.05) is 42.5 Å². The van der Waals surface area contributed by atoms with Crippen molar-refractivity contribution in [2.45, 2.75) is 13.2 Å². The predicted octanol–water partition coefficient (Wildman–Crippen LogP) is 3.06. The molecule has 2 heterocycles. The molecule has 146 valence electrons. The number of benzene rings is 2. The Hall–Kier alpha value is -3.23. The number of hydrogen-bond donors (Lipinski definition) is 2. The molecule has 0 aliphatic rings. The van der Waals surface area contributed by atoms with Crippen molar-refractivity contribution in [1.29, 1.82) is 0 Å². The molecule has 0 saturated heterocycles. The Morgan fingerprint density at radius 1 is 1.10 bits per heavy atom. The zero-order valence-electron chi connectivity index (χ0n) is 15.2. The lowest BCUT2D eigenvalue weighted by Crippen LogP contribution is -2.28. The highest BCUT2D eigenvalue weighted by Gasteiger charge is 2.18. The summed E-state index contributed by atoms with van der Waals surface area (Å²) in [5.74, 6) is -0.331. The van der Waals surface area contributed by atoms with Gasteiger partial charge in [0.25, 0.3) is 5.56 Å². The predicted molar refractivity (Wildman–Crippen MR) is 114 cm³/mol. The van der Waals surface area contributed by atoms with Crippen LogP contribution in [0.1, 0.15) is 5.56 Å². The topological polar surface area (TPSA) is 88.6 Å². The van der Waals surface area contributed by atoms with Crippen LogP contribution in [0.5, 0.6) is 0 Å². The molecule has 0 saturated carbocycles. The summed E-state index contributed by atoms with van der Waals surface area (Å²) in [5, 5.41) is 17.1. The number of nitrogens with zero attached hydrogens (tertiary/aromatic N) is 3. The molecule has 0 spiro atoms. The van der Waals surface area contributed by atoms with Crippen LogP contribution in [0.3, 0.4) is 0 Å². The molecule has 2 N–H and O–H groups in total. The largest absolute Gasteiger partial charge is 0.392 e. The van der Waals surface area contributed by atoms with Crippen LogP contribution in [0.2, 0.25) is 0 Å². The average Bonchev–Trinajstić information content (AvgIpc) is 3.10. The number of fused-ring (bicyclic) bond motifs is 1. The van der Waals surface area contributed by atoms with Gasteiger partial charge in [0, 0.05) is 33.7 Å². The molecule has 8 heteroatoms. The van der Waals surface area contributed by atoms with E-state index in [0.717, 1.165) is 10.0 Å². The number of aliphatic hydroxyl groups is 1. The van der Waals surface area contributed by atoms with Gasteiger partial charge in [-0.25, -0.2) is 4.52 Å². The summed E-state index contributed by atoms with van der Waals surface area (Å²) < 4.78 is 3.59. The smallest absolute Gasteiger partial charge is 0.277 e. The zero-order chi connectivity index (χ0) is 20.4. The van der Waals surface area contributed by atoms with E-state index in [1.54, 1.807) is 18.3 Å². The molecule has 1 amide bonds. The van der Waals surface area contributed by atoms with Crippen molar-refractivity contribution in [3.05, 3.63) is 87.4 Å². The first-order valence-electron chi connectivity index (χ1n) is 8.89. The molecule has 7 nitrogen and oxygen atoms in total. The number of aliphatic hydroxyl groups excluding tert-OH is 1. The maximum atomic E-state index is 13.0. The van der Waals surface area contributed by atoms with E-state index in [2.05, 4.69) is 26.3 Å². The van der Waals surface area contributed by atoms with Crippen LogP contribution >= 0.6 is 15.9 Å². The summed E-state index contributed by atoms with van der Waals surface area (Å²) in [7, 11) is 0. The van der Waals surface area contributed by atoms with Crippen LogP contribution in [0.4, 0.5) is 5.69 Å². The fourth-order valence-corrected chi connectivity index (χ4v) is 3.57. The lowest BCUT2D eigenvalue weighted by atomic mass is 10.1. The fourth-order valence-electron chi connectivity index (χ4n) is 3.17. The van der Waals surface area contributed by atoms with E-state index >= 15 is 0 Å². The molecule has 2 aromatic carbocycles. The third kappa shape index (κ3) is 3.85. The zero-order valence-corrected chi connectivity index (χ0v) is 16.8. The van der Waals surface area contributed by atoms with E-state index < -0.39 is 5.56 Å². The van der Waals surface area contributed by atoms with Gasteiger partial charge >= 0.3 is 0 Å². The molecule has 4 aromatic rings. The number of amides is 1. The minimum atomic E-state index is -0.393.